The van der Waals surface area contributed by atoms with Crippen molar-refractivity contribution in [2.75, 3.05) is 14.2 Å². The van der Waals surface area contributed by atoms with Crippen molar-refractivity contribution in [1.82, 2.24) is 9.97 Å². The highest BCUT2D eigenvalue weighted by Crippen LogP contribution is 2.48. The normalized spacial score (nSPS) is 11.9. The average molecular weight is 919 g/mol. The van der Waals surface area contributed by atoms with Gasteiger partial charge in [0.1, 0.15) is 11.0 Å². The number of aromatic nitrogens is 2. The van der Waals surface area contributed by atoms with Crippen molar-refractivity contribution in [2.24, 2.45) is 0 Å². The van der Waals surface area contributed by atoms with Crippen molar-refractivity contribution in [3.63, 3.8) is 0 Å². The number of fused-ring (bicyclic) bond motifs is 13. The van der Waals surface area contributed by atoms with Gasteiger partial charge in [0.25, 0.3) is 0 Å². The molecule has 0 saturated heterocycles. The molecule has 9 heteroatoms. The Kier molecular flexibility index (Phi) is 9.08. The molecule has 0 amide bonds. The van der Waals surface area contributed by atoms with Crippen LogP contribution in [0.5, 0.6) is 0 Å². The molecule has 13 aromatic rings. The van der Waals surface area contributed by atoms with Gasteiger partial charge in [0.15, 0.2) is 0 Å². The summed E-state index contributed by atoms with van der Waals surface area (Å²) in [5, 5.41) is 9.01. The molecule has 0 N–H and O–H groups in total. The number of ether oxygens (including phenoxy) is 2. The van der Waals surface area contributed by atoms with Crippen LogP contribution in [0.1, 0.15) is 20.7 Å². The minimum absolute atomic E-state index is 0.374. The maximum atomic E-state index is 12.4. The molecule has 318 valence electrons. The number of esters is 2. The minimum Gasteiger partial charge on any atom is -0.465 e. The standard InChI is InChI=1S/C58H34N2O4S3/c1-63-57(61)33-15-11-31(12-16-33)35-19-23-39-40-24-20-36(32-13-17-34(18-14-32)58(62)64-2)28-46(40)52-51(45(39)27-35)59-53-54(60-52)56(38-22-26-50-44(30-38)42-8-4-6-10-48(42)66-50)67-55(53)37-21-25-49-43(29-37)41-7-3-5-9-47(41)65-49/h3-30H,1-2H3. The Labute approximate surface area is 394 Å². The van der Waals surface area contributed by atoms with E-state index in [0.29, 0.717) is 11.1 Å². The zero-order valence-electron chi connectivity index (χ0n) is 35.9. The van der Waals surface area contributed by atoms with Gasteiger partial charge in [0.2, 0.25) is 0 Å². The first kappa shape index (κ1) is 39.5. The van der Waals surface area contributed by atoms with Gasteiger partial charge in [0.05, 0.1) is 46.1 Å². The zero-order valence-corrected chi connectivity index (χ0v) is 38.4. The molecule has 0 aliphatic rings. The number of carbonyl (C=O) groups excluding carboxylic acids is 2. The molecular formula is C58H34N2O4S3. The predicted molar refractivity (Wildman–Crippen MR) is 280 cm³/mol. The van der Waals surface area contributed by atoms with Gasteiger partial charge in [0, 0.05) is 51.1 Å². The first-order valence-electron chi connectivity index (χ1n) is 21.8. The van der Waals surface area contributed by atoms with Crippen molar-refractivity contribution >= 4 is 130 Å². The highest BCUT2D eigenvalue weighted by atomic mass is 32.1. The monoisotopic (exact) mass is 918 g/mol. The molecular weight excluding hydrogens is 885 g/mol. The molecule has 4 heterocycles. The summed E-state index contributed by atoms with van der Waals surface area (Å²) >= 11 is 5.38. The third-order valence-corrected chi connectivity index (χ3v) is 16.5. The van der Waals surface area contributed by atoms with Crippen molar-refractivity contribution in [1.29, 1.82) is 0 Å². The summed E-state index contributed by atoms with van der Waals surface area (Å²) in [5.74, 6) is -0.747. The number of methoxy groups -OCH3 is 2. The molecule has 9 aromatic carbocycles. The van der Waals surface area contributed by atoms with Crippen LogP contribution >= 0.6 is 34.0 Å². The zero-order chi connectivity index (χ0) is 44.9. The van der Waals surface area contributed by atoms with Crippen molar-refractivity contribution in [3.05, 3.63) is 181 Å². The van der Waals surface area contributed by atoms with E-state index in [2.05, 4.69) is 121 Å². The highest BCUT2D eigenvalue weighted by Gasteiger charge is 2.23. The molecule has 0 fully saturated rings. The highest BCUT2D eigenvalue weighted by molar-refractivity contribution is 7.26. The summed E-state index contributed by atoms with van der Waals surface area (Å²) in [6, 6.07) is 58.9. The smallest absolute Gasteiger partial charge is 0.337 e. The fraction of sp³-hybridized carbons (Fsp3) is 0.0345. The number of rotatable bonds is 6. The van der Waals surface area contributed by atoms with Crippen LogP contribution in [0, 0.1) is 0 Å². The third kappa shape index (κ3) is 6.34. The Morgan fingerprint density at radius 2 is 0.716 bits per heavy atom. The van der Waals surface area contributed by atoms with E-state index in [-0.39, 0.29) is 11.9 Å². The molecule has 0 saturated carbocycles. The van der Waals surface area contributed by atoms with Crippen molar-refractivity contribution in [2.45, 2.75) is 0 Å². The lowest BCUT2D eigenvalue weighted by Gasteiger charge is -2.13. The van der Waals surface area contributed by atoms with Crippen molar-refractivity contribution in [3.8, 4) is 43.1 Å². The van der Waals surface area contributed by atoms with Crippen LogP contribution in [-0.2, 0) is 9.47 Å². The summed E-state index contributed by atoms with van der Waals surface area (Å²) in [7, 11) is 2.79. The Balaban J connectivity index is 1.11. The van der Waals surface area contributed by atoms with E-state index in [1.807, 2.05) is 46.9 Å². The quantitative estimate of drug-likeness (QED) is 0.122. The molecule has 0 unspecified atom stereocenters. The van der Waals surface area contributed by atoms with Crippen LogP contribution in [0.15, 0.2) is 170 Å². The van der Waals surface area contributed by atoms with Crippen LogP contribution in [-0.4, -0.2) is 36.1 Å². The summed E-state index contributed by atoms with van der Waals surface area (Å²) in [6.45, 7) is 0. The van der Waals surface area contributed by atoms with Gasteiger partial charge in [-0.3, -0.25) is 0 Å². The molecule has 0 bridgehead atoms. The summed E-state index contributed by atoms with van der Waals surface area (Å²) in [6.07, 6.45) is 0. The van der Waals surface area contributed by atoms with Gasteiger partial charge < -0.3 is 9.47 Å². The topological polar surface area (TPSA) is 78.4 Å². The Morgan fingerprint density at radius 3 is 1.15 bits per heavy atom. The second kappa shape index (κ2) is 15.4. The van der Waals surface area contributed by atoms with Gasteiger partial charge in [-0.15, -0.1) is 34.0 Å². The van der Waals surface area contributed by atoms with Gasteiger partial charge in [-0.2, -0.15) is 0 Å². The number of hydrogen-bond acceptors (Lipinski definition) is 9. The number of nitrogens with zero attached hydrogens (tertiary/aromatic N) is 2. The van der Waals surface area contributed by atoms with Crippen LogP contribution in [0.4, 0.5) is 0 Å². The minimum atomic E-state index is -0.374. The molecule has 0 radical (unpaired) electrons. The van der Waals surface area contributed by atoms with Crippen LogP contribution in [0.25, 0.3) is 127 Å². The first-order valence-corrected chi connectivity index (χ1v) is 24.2. The Hall–Kier alpha value is -7.82. The van der Waals surface area contributed by atoms with Crippen molar-refractivity contribution < 1.29 is 19.1 Å². The molecule has 4 aromatic heterocycles. The number of hydrogen-bond donors (Lipinski definition) is 0. The van der Waals surface area contributed by atoms with Crippen LogP contribution < -0.4 is 0 Å². The average Bonchev–Trinajstić information content (AvgIpc) is 4.08. The van der Waals surface area contributed by atoms with E-state index in [0.717, 1.165) is 86.7 Å². The van der Waals surface area contributed by atoms with Gasteiger partial charge in [-0.1, -0.05) is 97.1 Å². The molecule has 13 rings (SSSR count). The maximum absolute atomic E-state index is 12.4. The fourth-order valence-electron chi connectivity index (χ4n) is 9.59. The van der Waals surface area contributed by atoms with Gasteiger partial charge in [-0.25, -0.2) is 19.6 Å². The Bertz CT molecular complexity index is 3950. The SMILES string of the molecule is COC(=O)c1ccc(-c2ccc3c4ccc(-c5ccc(C(=O)OC)cc5)cc4c4nc5c(-c6ccc7sc8ccccc8c7c6)sc(-c6ccc7sc8ccccc8c7c6)c5nc4c3c2)cc1. The fourth-order valence-corrected chi connectivity index (χ4v) is 12.9. The van der Waals surface area contributed by atoms with Crippen LogP contribution in [0.2, 0.25) is 0 Å². The number of thiophene rings is 3. The molecule has 0 aliphatic heterocycles. The van der Waals surface area contributed by atoms with E-state index in [1.54, 1.807) is 35.6 Å². The molecule has 6 nitrogen and oxygen atoms in total. The first-order chi connectivity index (χ1) is 32.9. The molecule has 0 aliphatic carbocycles. The van der Waals surface area contributed by atoms with Crippen LogP contribution in [0.3, 0.4) is 0 Å². The Morgan fingerprint density at radius 1 is 0.343 bits per heavy atom. The number of carbonyl (C=O) groups is 2. The second-order valence-corrected chi connectivity index (χ2v) is 19.8. The van der Waals surface area contributed by atoms with E-state index in [1.165, 1.54) is 54.6 Å². The predicted octanol–water partition coefficient (Wildman–Crippen LogP) is 16.1. The lowest BCUT2D eigenvalue weighted by molar-refractivity contribution is 0.0592. The lowest BCUT2D eigenvalue weighted by Crippen LogP contribution is -2.00. The summed E-state index contributed by atoms with van der Waals surface area (Å²) in [4.78, 5) is 38.4. The summed E-state index contributed by atoms with van der Waals surface area (Å²) in [5.41, 5.74) is 10.4. The maximum Gasteiger partial charge on any atom is 0.337 e. The van der Waals surface area contributed by atoms with Gasteiger partial charge >= 0.3 is 11.9 Å². The number of benzene rings is 9. The lowest BCUT2D eigenvalue weighted by atomic mass is 9.93. The molecule has 0 atom stereocenters. The van der Waals surface area contributed by atoms with Gasteiger partial charge in [-0.05, 0) is 117 Å². The largest absolute Gasteiger partial charge is 0.465 e. The van der Waals surface area contributed by atoms with E-state index < -0.39 is 0 Å². The van der Waals surface area contributed by atoms with E-state index >= 15 is 0 Å². The second-order valence-electron chi connectivity index (χ2n) is 16.7. The van der Waals surface area contributed by atoms with E-state index in [9.17, 15) is 9.59 Å². The van der Waals surface area contributed by atoms with E-state index in [4.69, 9.17) is 19.4 Å². The summed E-state index contributed by atoms with van der Waals surface area (Å²) < 4.78 is 15.0. The molecule has 0 spiro atoms. The molecule has 67 heavy (non-hydrogen) atoms. The third-order valence-electron chi connectivity index (χ3n) is 12.9.